The molecule has 1 N–H and O–H groups in total. The number of likely N-dealkylation sites (tertiary alicyclic amines) is 1. The van der Waals surface area contributed by atoms with Crippen LogP contribution >= 0.6 is 0 Å². The lowest BCUT2D eigenvalue weighted by atomic mass is 9.86. The van der Waals surface area contributed by atoms with E-state index < -0.39 is 30.5 Å². The maximum absolute atomic E-state index is 13.0. The van der Waals surface area contributed by atoms with E-state index in [-0.39, 0.29) is 13.1 Å². The fourth-order valence-electron chi connectivity index (χ4n) is 2.27. The molecule has 2 rings (SSSR count). The van der Waals surface area contributed by atoms with Crippen LogP contribution in [0.1, 0.15) is 12.1 Å². The van der Waals surface area contributed by atoms with Crippen LogP contribution in [-0.2, 0) is 11.3 Å². The third kappa shape index (κ3) is 2.56. The van der Waals surface area contributed by atoms with Gasteiger partial charge in [-0.1, -0.05) is 6.07 Å². The average molecular weight is 274 g/mol. The first-order valence-corrected chi connectivity index (χ1v) is 5.77. The molecule has 1 aromatic rings. The van der Waals surface area contributed by atoms with Gasteiger partial charge in [0.05, 0.1) is 5.69 Å². The Balaban J connectivity index is 2.12. The van der Waals surface area contributed by atoms with Crippen LogP contribution in [0.5, 0.6) is 0 Å². The van der Waals surface area contributed by atoms with Gasteiger partial charge in [0.25, 0.3) is 0 Å². The molecule has 0 saturated carbocycles. The highest BCUT2D eigenvalue weighted by Gasteiger charge is 2.63. The van der Waals surface area contributed by atoms with Crippen LogP contribution in [0.4, 0.5) is 13.2 Å². The summed E-state index contributed by atoms with van der Waals surface area (Å²) in [6.45, 7) is -0.198. The molecule has 1 unspecified atom stereocenters. The molecule has 0 aliphatic carbocycles. The van der Waals surface area contributed by atoms with Gasteiger partial charge in [0.2, 0.25) is 0 Å². The lowest BCUT2D eigenvalue weighted by Crippen LogP contribution is -2.47. The molecule has 19 heavy (non-hydrogen) atoms. The minimum atomic E-state index is -4.74. The van der Waals surface area contributed by atoms with Gasteiger partial charge in [0.1, 0.15) is 0 Å². The number of hydrogen-bond acceptors (Lipinski definition) is 3. The Morgan fingerprint density at radius 3 is 2.68 bits per heavy atom. The highest BCUT2D eigenvalue weighted by Crippen LogP contribution is 2.45. The molecule has 0 radical (unpaired) electrons. The van der Waals surface area contributed by atoms with E-state index in [1.54, 1.807) is 24.4 Å². The van der Waals surface area contributed by atoms with Gasteiger partial charge in [0.15, 0.2) is 5.41 Å². The maximum Gasteiger partial charge on any atom is 0.406 e. The molecule has 0 bridgehead atoms. The summed E-state index contributed by atoms with van der Waals surface area (Å²) in [5.41, 5.74) is -2.02. The number of halogens is 3. The normalized spacial score (nSPS) is 24.6. The molecule has 0 aromatic carbocycles. The van der Waals surface area contributed by atoms with Crippen molar-refractivity contribution in [2.75, 3.05) is 13.1 Å². The zero-order valence-electron chi connectivity index (χ0n) is 10.0. The Bertz CT molecular complexity index is 464. The largest absolute Gasteiger partial charge is 0.481 e. The fraction of sp³-hybridized carbons (Fsp3) is 0.500. The smallest absolute Gasteiger partial charge is 0.406 e. The predicted molar refractivity (Wildman–Crippen MR) is 60.3 cm³/mol. The third-order valence-electron chi connectivity index (χ3n) is 3.41. The zero-order chi connectivity index (χ0) is 14.1. The van der Waals surface area contributed by atoms with Gasteiger partial charge in [-0.25, -0.2) is 0 Å². The van der Waals surface area contributed by atoms with E-state index >= 15 is 0 Å². The molecular weight excluding hydrogens is 261 g/mol. The van der Waals surface area contributed by atoms with Gasteiger partial charge >= 0.3 is 12.1 Å². The van der Waals surface area contributed by atoms with E-state index in [2.05, 4.69) is 4.98 Å². The van der Waals surface area contributed by atoms with Crippen molar-refractivity contribution in [3.05, 3.63) is 30.1 Å². The molecule has 0 amide bonds. The van der Waals surface area contributed by atoms with Gasteiger partial charge in [-0.05, 0) is 18.6 Å². The molecule has 4 nitrogen and oxygen atoms in total. The first-order chi connectivity index (χ1) is 8.85. The van der Waals surface area contributed by atoms with Crippen molar-refractivity contribution >= 4 is 5.97 Å². The van der Waals surface area contributed by atoms with Crippen molar-refractivity contribution in [1.82, 2.24) is 9.88 Å². The number of pyridine rings is 1. The van der Waals surface area contributed by atoms with Gasteiger partial charge in [-0.15, -0.1) is 0 Å². The first kappa shape index (κ1) is 13.8. The summed E-state index contributed by atoms with van der Waals surface area (Å²) in [5.74, 6) is -1.80. The quantitative estimate of drug-likeness (QED) is 0.915. The van der Waals surface area contributed by atoms with Crippen LogP contribution < -0.4 is 0 Å². The number of nitrogens with zero attached hydrogens (tertiary/aromatic N) is 2. The minimum absolute atomic E-state index is 0.0996. The number of aliphatic carboxylic acids is 1. The Kier molecular flexibility index (Phi) is 3.49. The van der Waals surface area contributed by atoms with Crippen molar-refractivity contribution < 1.29 is 23.1 Å². The summed E-state index contributed by atoms with van der Waals surface area (Å²) in [6, 6.07) is 5.16. The topological polar surface area (TPSA) is 53.4 Å². The van der Waals surface area contributed by atoms with Gasteiger partial charge in [-0.3, -0.25) is 14.7 Å². The number of carboxylic acid groups (broad SMARTS) is 1. The monoisotopic (exact) mass is 274 g/mol. The molecule has 1 aliphatic rings. The number of rotatable bonds is 3. The van der Waals surface area contributed by atoms with Crippen LogP contribution in [0.25, 0.3) is 0 Å². The van der Waals surface area contributed by atoms with Crippen LogP contribution in [-0.4, -0.2) is 40.2 Å². The fourth-order valence-corrected chi connectivity index (χ4v) is 2.27. The van der Waals surface area contributed by atoms with Crippen molar-refractivity contribution in [2.24, 2.45) is 5.41 Å². The number of hydrogen-bond donors (Lipinski definition) is 1. The lowest BCUT2D eigenvalue weighted by Gasteiger charge is -2.27. The molecular formula is C12H13F3N2O2. The number of carboxylic acids is 1. The second-order valence-corrected chi connectivity index (χ2v) is 4.67. The molecule has 1 fully saturated rings. The third-order valence-corrected chi connectivity index (χ3v) is 3.41. The van der Waals surface area contributed by atoms with Crippen molar-refractivity contribution in [1.29, 1.82) is 0 Å². The summed E-state index contributed by atoms with van der Waals surface area (Å²) in [5, 5.41) is 8.92. The number of aromatic nitrogens is 1. The molecule has 1 saturated heterocycles. The molecule has 1 atom stereocenters. The van der Waals surface area contributed by atoms with E-state index in [4.69, 9.17) is 5.11 Å². The summed E-state index contributed by atoms with van der Waals surface area (Å²) >= 11 is 0. The molecule has 0 spiro atoms. The lowest BCUT2D eigenvalue weighted by molar-refractivity contribution is -0.227. The second-order valence-electron chi connectivity index (χ2n) is 4.67. The summed E-state index contributed by atoms with van der Waals surface area (Å²) in [7, 11) is 0. The summed E-state index contributed by atoms with van der Waals surface area (Å²) in [6.07, 6.45) is -3.60. The van der Waals surface area contributed by atoms with Crippen LogP contribution in [0.3, 0.4) is 0 Å². The molecule has 7 heteroatoms. The maximum atomic E-state index is 13.0. The van der Waals surface area contributed by atoms with Crippen molar-refractivity contribution in [3.63, 3.8) is 0 Å². The second kappa shape index (κ2) is 4.80. The molecule has 1 aliphatic heterocycles. The Morgan fingerprint density at radius 1 is 1.47 bits per heavy atom. The van der Waals surface area contributed by atoms with Crippen LogP contribution in [0.15, 0.2) is 24.4 Å². The average Bonchev–Trinajstić information content (AvgIpc) is 2.75. The molecule has 2 heterocycles. The SMILES string of the molecule is O=C(O)C1(C(F)(F)F)CCN(Cc2ccccn2)C1. The van der Waals surface area contributed by atoms with E-state index in [1.807, 2.05) is 0 Å². The Hall–Kier alpha value is -1.63. The predicted octanol–water partition coefficient (Wildman–Crippen LogP) is 1.92. The zero-order valence-corrected chi connectivity index (χ0v) is 10.0. The van der Waals surface area contributed by atoms with E-state index in [0.29, 0.717) is 5.69 Å². The minimum Gasteiger partial charge on any atom is -0.481 e. The van der Waals surface area contributed by atoms with E-state index in [9.17, 15) is 18.0 Å². The van der Waals surface area contributed by atoms with Gasteiger partial charge < -0.3 is 5.11 Å². The summed E-state index contributed by atoms with van der Waals surface area (Å²) < 4.78 is 38.9. The van der Waals surface area contributed by atoms with Crippen LogP contribution in [0, 0.1) is 5.41 Å². The Morgan fingerprint density at radius 2 is 2.21 bits per heavy atom. The Labute approximate surface area is 107 Å². The number of alkyl halides is 3. The summed E-state index contributed by atoms with van der Waals surface area (Å²) in [4.78, 5) is 16.5. The van der Waals surface area contributed by atoms with Gasteiger partial charge in [0, 0.05) is 25.8 Å². The van der Waals surface area contributed by atoms with Gasteiger partial charge in [-0.2, -0.15) is 13.2 Å². The van der Waals surface area contributed by atoms with Crippen molar-refractivity contribution in [3.8, 4) is 0 Å². The molecule has 104 valence electrons. The van der Waals surface area contributed by atoms with Crippen LogP contribution in [0.2, 0.25) is 0 Å². The highest BCUT2D eigenvalue weighted by molar-refractivity contribution is 5.76. The molecule has 1 aromatic heterocycles. The standard InChI is InChI=1S/C12H13F3N2O2/c13-12(14,15)11(10(18)19)4-6-17(8-11)7-9-3-1-2-5-16-9/h1-3,5H,4,6-8H2,(H,18,19). The van der Waals surface area contributed by atoms with E-state index in [1.165, 1.54) is 4.90 Å². The highest BCUT2D eigenvalue weighted by atomic mass is 19.4. The van der Waals surface area contributed by atoms with E-state index in [0.717, 1.165) is 0 Å². The van der Waals surface area contributed by atoms with Crippen molar-refractivity contribution in [2.45, 2.75) is 19.1 Å². The first-order valence-electron chi connectivity index (χ1n) is 5.77. The number of carbonyl (C=O) groups is 1.